The molecular weight excluding hydrogens is 370 g/mol. The van der Waals surface area contributed by atoms with Gasteiger partial charge in [0.1, 0.15) is 0 Å². The second-order valence-corrected chi connectivity index (χ2v) is 6.08. The van der Waals surface area contributed by atoms with Gasteiger partial charge in [0.2, 0.25) is 0 Å². The number of Topliss-reactive ketones (excluding diaryl/α,β-unsaturated/α-hetero) is 1. The van der Waals surface area contributed by atoms with E-state index in [0.29, 0.717) is 20.6 Å². The van der Waals surface area contributed by atoms with Gasteiger partial charge in [-0.2, -0.15) is 0 Å². The van der Waals surface area contributed by atoms with Gasteiger partial charge in [-0.3, -0.25) is 4.79 Å². The summed E-state index contributed by atoms with van der Waals surface area (Å²) < 4.78 is 0.724. The first kappa shape index (κ1) is 14.9. The first-order valence-electron chi connectivity index (χ1n) is 5.39. The van der Waals surface area contributed by atoms with Gasteiger partial charge in [0.15, 0.2) is 5.78 Å². The number of hydrogen-bond donors (Lipinski definition) is 0. The summed E-state index contributed by atoms with van der Waals surface area (Å²) in [5.41, 5.74) is 1.37. The van der Waals surface area contributed by atoms with Crippen LogP contribution in [0.2, 0.25) is 15.1 Å². The lowest BCUT2D eigenvalue weighted by Gasteiger charge is -2.06. The maximum Gasteiger partial charge on any atom is 0.168 e. The second-order valence-electron chi connectivity index (χ2n) is 3.97. The summed E-state index contributed by atoms with van der Waals surface area (Å²) in [6.07, 6.45) is 0.246. The van der Waals surface area contributed by atoms with E-state index in [2.05, 4.69) is 15.9 Å². The van der Waals surface area contributed by atoms with Gasteiger partial charge in [0, 0.05) is 21.5 Å². The van der Waals surface area contributed by atoms with Crippen LogP contribution in [-0.4, -0.2) is 5.78 Å². The molecule has 19 heavy (non-hydrogen) atoms. The topological polar surface area (TPSA) is 17.1 Å². The van der Waals surface area contributed by atoms with Gasteiger partial charge in [-0.15, -0.1) is 0 Å². The molecule has 0 aromatic heterocycles. The molecule has 0 saturated heterocycles. The third-order valence-corrected chi connectivity index (χ3v) is 4.24. The minimum Gasteiger partial charge on any atom is -0.294 e. The summed E-state index contributed by atoms with van der Waals surface area (Å²) in [7, 11) is 0. The molecule has 0 radical (unpaired) electrons. The number of benzene rings is 2. The average molecular weight is 378 g/mol. The Morgan fingerprint density at radius 2 is 1.74 bits per heavy atom. The molecule has 5 heteroatoms. The summed E-state index contributed by atoms with van der Waals surface area (Å²) in [6, 6.07) is 10.3. The summed E-state index contributed by atoms with van der Waals surface area (Å²) >= 11 is 21.0. The standard InChI is InChI=1S/C14H8BrCl3O/c15-11-3-2-9(16)7-10(11)14(19)6-8-1-4-12(17)13(18)5-8/h1-5,7H,6H2. The molecule has 0 bridgehead atoms. The lowest BCUT2D eigenvalue weighted by molar-refractivity contribution is 0.0992. The van der Waals surface area contributed by atoms with Gasteiger partial charge in [0.05, 0.1) is 10.0 Å². The largest absolute Gasteiger partial charge is 0.294 e. The third-order valence-electron chi connectivity index (χ3n) is 2.58. The van der Waals surface area contributed by atoms with Crippen molar-refractivity contribution >= 4 is 56.5 Å². The Hall–Kier alpha value is -0.540. The Morgan fingerprint density at radius 1 is 1.00 bits per heavy atom. The van der Waals surface area contributed by atoms with Gasteiger partial charge in [-0.05, 0) is 35.9 Å². The Kier molecular flexibility index (Phi) is 4.91. The van der Waals surface area contributed by atoms with E-state index in [-0.39, 0.29) is 12.2 Å². The van der Waals surface area contributed by atoms with Gasteiger partial charge >= 0.3 is 0 Å². The van der Waals surface area contributed by atoms with Crippen molar-refractivity contribution in [3.05, 3.63) is 67.1 Å². The molecule has 2 rings (SSSR count). The number of halogens is 4. The molecule has 0 aliphatic rings. The van der Waals surface area contributed by atoms with Crippen molar-refractivity contribution in [2.75, 3.05) is 0 Å². The zero-order valence-corrected chi connectivity index (χ0v) is 13.4. The number of carbonyl (C=O) groups is 1. The zero-order chi connectivity index (χ0) is 14.0. The summed E-state index contributed by atoms with van der Waals surface area (Å²) in [5, 5.41) is 1.44. The van der Waals surface area contributed by atoms with Crippen molar-refractivity contribution in [3.63, 3.8) is 0 Å². The third kappa shape index (κ3) is 3.73. The van der Waals surface area contributed by atoms with Crippen molar-refractivity contribution in [1.29, 1.82) is 0 Å². The van der Waals surface area contributed by atoms with Crippen molar-refractivity contribution in [2.24, 2.45) is 0 Å². The predicted octanol–water partition coefficient (Wildman–Crippen LogP) is 5.83. The van der Waals surface area contributed by atoms with E-state index < -0.39 is 0 Å². The average Bonchev–Trinajstić information content (AvgIpc) is 2.36. The quantitative estimate of drug-likeness (QED) is 0.614. The van der Waals surface area contributed by atoms with E-state index in [1.165, 1.54) is 0 Å². The summed E-state index contributed by atoms with van der Waals surface area (Å²) in [6.45, 7) is 0. The van der Waals surface area contributed by atoms with E-state index in [4.69, 9.17) is 34.8 Å². The van der Waals surface area contributed by atoms with E-state index >= 15 is 0 Å². The van der Waals surface area contributed by atoms with Crippen LogP contribution in [0.4, 0.5) is 0 Å². The van der Waals surface area contributed by atoms with Gasteiger partial charge in [0.25, 0.3) is 0 Å². The number of rotatable bonds is 3. The van der Waals surface area contributed by atoms with E-state index in [9.17, 15) is 4.79 Å². The number of hydrogen-bond acceptors (Lipinski definition) is 1. The molecule has 98 valence electrons. The molecule has 0 atom stereocenters. The molecule has 0 unspecified atom stereocenters. The van der Waals surface area contributed by atoms with Crippen LogP contribution < -0.4 is 0 Å². The van der Waals surface area contributed by atoms with Crippen molar-refractivity contribution in [1.82, 2.24) is 0 Å². The molecule has 0 aliphatic heterocycles. The fraction of sp³-hybridized carbons (Fsp3) is 0.0714. The zero-order valence-electron chi connectivity index (χ0n) is 9.59. The molecular formula is C14H8BrCl3O. The molecule has 0 amide bonds. The molecule has 0 saturated carbocycles. The van der Waals surface area contributed by atoms with E-state index in [1.807, 2.05) is 0 Å². The van der Waals surface area contributed by atoms with Crippen LogP contribution in [-0.2, 0) is 6.42 Å². The Labute approximate surface area is 134 Å². The number of ketones is 1. The van der Waals surface area contributed by atoms with E-state index in [1.54, 1.807) is 36.4 Å². The molecule has 0 N–H and O–H groups in total. The highest BCUT2D eigenvalue weighted by Gasteiger charge is 2.12. The maximum atomic E-state index is 12.2. The minimum absolute atomic E-state index is 0.0345. The Bertz CT molecular complexity index is 641. The highest BCUT2D eigenvalue weighted by molar-refractivity contribution is 9.10. The fourth-order valence-corrected chi connectivity index (χ4v) is 2.60. The van der Waals surface area contributed by atoms with Gasteiger partial charge in [-0.1, -0.05) is 56.8 Å². The molecule has 0 spiro atoms. The highest BCUT2D eigenvalue weighted by Crippen LogP contribution is 2.25. The van der Waals surface area contributed by atoms with Crippen molar-refractivity contribution in [2.45, 2.75) is 6.42 Å². The highest BCUT2D eigenvalue weighted by atomic mass is 79.9. The molecule has 0 heterocycles. The SMILES string of the molecule is O=C(Cc1ccc(Cl)c(Cl)c1)c1cc(Cl)ccc1Br. The summed E-state index contributed by atoms with van der Waals surface area (Å²) in [4.78, 5) is 12.2. The Balaban J connectivity index is 2.25. The Morgan fingerprint density at radius 3 is 2.42 bits per heavy atom. The van der Waals surface area contributed by atoms with Crippen LogP contribution >= 0.6 is 50.7 Å². The molecule has 1 nitrogen and oxygen atoms in total. The van der Waals surface area contributed by atoms with Crippen LogP contribution in [0.5, 0.6) is 0 Å². The second kappa shape index (κ2) is 6.27. The first-order chi connectivity index (χ1) is 8.97. The van der Waals surface area contributed by atoms with Crippen LogP contribution in [0.15, 0.2) is 40.9 Å². The molecule has 0 aliphatic carbocycles. The smallest absolute Gasteiger partial charge is 0.168 e. The molecule has 0 fully saturated rings. The lowest BCUT2D eigenvalue weighted by Crippen LogP contribution is -2.04. The molecule has 2 aromatic carbocycles. The van der Waals surface area contributed by atoms with Crippen LogP contribution in [0.25, 0.3) is 0 Å². The fourth-order valence-electron chi connectivity index (χ4n) is 1.64. The maximum absolute atomic E-state index is 12.2. The number of carbonyl (C=O) groups excluding carboxylic acids is 1. The van der Waals surface area contributed by atoms with Gasteiger partial charge in [-0.25, -0.2) is 0 Å². The monoisotopic (exact) mass is 376 g/mol. The van der Waals surface area contributed by atoms with E-state index in [0.717, 1.165) is 10.0 Å². The summed E-state index contributed by atoms with van der Waals surface area (Å²) in [5.74, 6) is -0.0345. The van der Waals surface area contributed by atoms with Crippen LogP contribution in [0.1, 0.15) is 15.9 Å². The minimum atomic E-state index is -0.0345. The predicted molar refractivity (Wildman–Crippen MR) is 83.6 cm³/mol. The lowest BCUT2D eigenvalue weighted by atomic mass is 10.0. The van der Waals surface area contributed by atoms with Crippen LogP contribution in [0, 0.1) is 0 Å². The van der Waals surface area contributed by atoms with Crippen LogP contribution in [0.3, 0.4) is 0 Å². The van der Waals surface area contributed by atoms with Gasteiger partial charge < -0.3 is 0 Å². The molecule has 2 aromatic rings. The normalized spacial score (nSPS) is 10.5. The first-order valence-corrected chi connectivity index (χ1v) is 7.32. The van der Waals surface area contributed by atoms with Crippen molar-refractivity contribution in [3.8, 4) is 0 Å². The van der Waals surface area contributed by atoms with Crippen molar-refractivity contribution < 1.29 is 4.79 Å².